The van der Waals surface area contributed by atoms with Crippen LogP contribution in [-0.2, 0) is 14.1 Å². The van der Waals surface area contributed by atoms with Gasteiger partial charge in [0.2, 0.25) is 0 Å². The Morgan fingerprint density at radius 2 is 1.70 bits per heavy atom. The molecule has 0 saturated carbocycles. The van der Waals surface area contributed by atoms with E-state index in [9.17, 15) is 4.79 Å². The maximum atomic E-state index is 11.4. The smallest absolute Gasteiger partial charge is 0.308 e. The fraction of sp³-hybridized carbons (Fsp3) is 0.938. The van der Waals surface area contributed by atoms with Crippen molar-refractivity contribution in [3.63, 3.8) is 0 Å². The van der Waals surface area contributed by atoms with Crippen LogP contribution in [0.3, 0.4) is 0 Å². The summed E-state index contributed by atoms with van der Waals surface area (Å²) in [7, 11) is 2.15. The van der Waals surface area contributed by atoms with Gasteiger partial charge in [0, 0.05) is 9.47 Å². The molecule has 0 aliphatic carbocycles. The normalized spacial score (nSPS) is 12.3. The van der Waals surface area contributed by atoms with E-state index in [4.69, 9.17) is 9.26 Å². The topological polar surface area (TPSA) is 35.5 Å². The van der Waals surface area contributed by atoms with Crippen molar-refractivity contribution in [2.45, 2.75) is 78.1 Å². The van der Waals surface area contributed by atoms with Crippen molar-refractivity contribution < 1.29 is 14.1 Å². The van der Waals surface area contributed by atoms with Crippen LogP contribution in [0.25, 0.3) is 0 Å². The molecule has 0 aromatic carbocycles. The maximum absolute atomic E-state index is 11.4. The van der Waals surface area contributed by atoms with E-state index in [-0.39, 0.29) is 5.97 Å². The molecule has 0 bridgehead atoms. The summed E-state index contributed by atoms with van der Waals surface area (Å²) in [5.41, 5.74) is 0. The lowest BCUT2D eigenvalue weighted by Gasteiger charge is -2.16. The lowest BCUT2D eigenvalue weighted by molar-refractivity contribution is -0.145. The van der Waals surface area contributed by atoms with Crippen LogP contribution in [0.15, 0.2) is 0 Å². The Morgan fingerprint density at radius 1 is 1.00 bits per heavy atom. The first kappa shape index (κ1) is 19.9. The summed E-state index contributed by atoms with van der Waals surface area (Å²) in [6.45, 7) is 5.43. The number of carbonyl (C=O) groups excluding carboxylic acids is 1. The predicted octanol–water partition coefficient (Wildman–Crippen LogP) is 4.89. The Bertz CT molecular complexity index is 222. The van der Waals surface area contributed by atoms with E-state index in [2.05, 4.69) is 23.3 Å². The molecule has 3 nitrogen and oxygen atoms in total. The van der Waals surface area contributed by atoms with Crippen LogP contribution in [0.2, 0.25) is 0 Å². The SMILES string of the molecule is CCCCCCCCC(CCC)COC(=O)CCOP. The highest BCUT2D eigenvalue weighted by molar-refractivity contribution is 7.09. The number of unbranched alkanes of at least 4 members (excludes halogenated alkanes) is 5. The monoisotopic (exact) mass is 304 g/mol. The number of esters is 1. The molecule has 120 valence electrons. The molecule has 0 heterocycles. The molecule has 2 unspecified atom stereocenters. The molecule has 0 saturated heterocycles. The second kappa shape index (κ2) is 15.3. The summed E-state index contributed by atoms with van der Waals surface area (Å²) in [6.07, 6.45) is 11.8. The minimum Gasteiger partial charge on any atom is -0.465 e. The molecule has 0 aliphatic heterocycles. The molecule has 2 atom stereocenters. The summed E-state index contributed by atoms with van der Waals surface area (Å²) in [5.74, 6) is 0.392. The van der Waals surface area contributed by atoms with Crippen molar-refractivity contribution in [1.29, 1.82) is 0 Å². The quantitative estimate of drug-likeness (QED) is 0.260. The van der Waals surface area contributed by atoms with Crippen LogP contribution in [0.5, 0.6) is 0 Å². The highest BCUT2D eigenvalue weighted by Crippen LogP contribution is 2.17. The Labute approximate surface area is 127 Å². The van der Waals surface area contributed by atoms with Gasteiger partial charge in [-0.2, -0.15) is 0 Å². The summed E-state index contributed by atoms with van der Waals surface area (Å²) in [5, 5.41) is 0. The van der Waals surface area contributed by atoms with Crippen LogP contribution >= 0.6 is 9.47 Å². The Hall–Kier alpha value is -0.140. The van der Waals surface area contributed by atoms with Crippen LogP contribution < -0.4 is 0 Å². The van der Waals surface area contributed by atoms with Gasteiger partial charge >= 0.3 is 5.97 Å². The minimum atomic E-state index is -0.142. The van der Waals surface area contributed by atoms with E-state index < -0.39 is 0 Å². The van der Waals surface area contributed by atoms with Gasteiger partial charge in [-0.25, -0.2) is 0 Å². The first-order chi connectivity index (χ1) is 9.74. The largest absolute Gasteiger partial charge is 0.465 e. The van der Waals surface area contributed by atoms with E-state index in [0.717, 1.165) is 12.8 Å². The van der Waals surface area contributed by atoms with Gasteiger partial charge in [-0.15, -0.1) is 0 Å². The first-order valence-electron chi connectivity index (χ1n) is 8.21. The van der Waals surface area contributed by atoms with Crippen molar-refractivity contribution in [2.75, 3.05) is 13.2 Å². The third kappa shape index (κ3) is 12.9. The van der Waals surface area contributed by atoms with Gasteiger partial charge in [0.25, 0.3) is 0 Å². The van der Waals surface area contributed by atoms with Crippen molar-refractivity contribution in [3.05, 3.63) is 0 Å². The van der Waals surface area contributed by atoms with Crippen molar-refractivity contribution in [1.82, 2.24) is 0 Å². The van der Waals surface area contributed by atoms with Gasteiger partial charge in [-0.3, -0.25) is 4.79 Å². The Balaban J connectivity index is 3.66. The number of rotatable bonds is 14. The van der Waals surface area contributed by atoms with Gasteiger partial charge in [-0.05, 0) is 18.8 Å². The van der Waals surface area contributed by atoms with Gasteiger partial charge in [0.05, 0.1) is 19.6 Å². The maximum Gasteiger partial charge on any atom is 0.308 e. The zero-order valence-electron chi connectivity index (χ0n) is 13.4. The molecule has 0 radical (unpaired) electrons. The number of carbonyl (C=O) groups is 1. The van der Waals surface area contributed by atoms with E-state index in [1.54, 1.807) is 0 Å². The highest BCUT2D eigenvalue weighted by atomic mass is 31.0. The molecule has 0 N–H and O–H groups in total. The average molecular weight is 304 g/mol. The Kier molecular flexibility index (Phi) is 15.1. The first-order valence-corrected chi connectivity index (χ1v) is 8.69. The van der Waals surface area contributed by atoms with Crippen LogP contribution in [0.4, 0.5) is 0 Å². The van der Waals surface area contributed by atoms with Gasteiger partial charge in [0.1, 0.15) is 0 Å². The fourth-order valence-corrected chi connectivity index (χ4v) is 2.48. The van der Waals surface area contributed by atoms with E-state index in [0.29, 0.717) is 25.6 Å². The number of ether oxygens (including phenoxy) is 1. The third-order valence-corrected chi connectivity index (χ3v) is 3.80. The molecule has 0 aliphatic rings. The summed E-state index contributed by atoms with van der Waals surface area (Å²) in [6, 6.07) is 0. The second-order valence-electron chi connectivity index (χ2n) is 5.51. The molecule has 0 fully saturated rings. The zero-order valence-corrected chi connectivity index (χ0v) is 14.5. The van der Waals surface area contributed by atoms with E-state index >= 15 is 0 Å². The summed E-state index contributed by atoms with van der Waals surface area (Å²) < 4.78 is 10.1. The van der Waals surface area contributed by atoms with Crippen molar-refractivity contribution in [3.8, 4) is 0 Å². The highest BCUT2D eigenvalue weighted by Gasteiger charge is 2.11. The van der Waals surface area contributed by atoms with E-state index in [1.807, 2.05) is 0 Å². The average Bonchev–Trinajstić information content (AvgIpc) is 2.46. The Morgan fingerprint density at radius 3 is 2.35 bits per heavy atom. The van der Waals surface area contributed by atoms with Crippen LogP contribution in [0, 0.1) is 5.92 Å². The van der Waals surface area contributed by atoms with E-state index in [1.165, 1.54) is 44.9 Å². The molecule has 0 aromatic heterocycles. The molecule has 0 spiro atoms. The van der Waals surface area contributed by atoms with Crippen LogP contribution in [-0.4, -0.2) is 19.2 Å². The molecule has 20 heavy (non-hydrogen) atoms. The molecule has 4 heteroatoms. The number of hydrogen-bond donors (Lipinski definition) is 0. The minimum absolute atomic E-state index is 0.142. The van der Waals surface area contributed by atoms with Gasteiger partial charge < -0.3 is 9.26 Å². The molecule has 0 aromatic rings. The third-order valence-electron chi connectivity index (χ3n) is 3.57. The van der Waals surface area contributed by atoms with Crippen LogP contribution in [0.1, 0.15) is 78.1 Å². The molecule has 0 amide bonds. The zero-order chi connectivity index (χ0) is 15.1. The lowest BCUT2D eigenvalue weighted by Crippen LogP contribution is -2.15. The molecular weight excluding hydrogens is 271 g/mol. The van der Waals surface area contributed by atoms with Gasteiger partial charge in [-0.1, -0.05) is 58.8 Å². The summed E-state index contributed by atoms with van der Waals surface area (Å²) >= 11 is 0. The molecular formula is C16H33O3P. The number of hydrogen-bond acceptors (Lipinski definition) is 3. The predicted molar refractivity (Wildman–Crippen MR) is 87.6 cm³/mol. The standard InChI is InChI=1S/C16H33O3P/c1-3-5-6-7-8-9-11-15(10-4-2)14-18-16(17)12-13-19-20/h15H,3-14,20H2,1-2H3. The molecule has 0 rings (SSSR count). The lowest BCUT2D eigenvalue weighted by atomic mass is 9.97. The fourth-order valence-electron chi connectivity index (χ4n) is 2.36. The summed E-state index contributed by atoms with van der Waals surface area (Å²) in [4.78, 5) is 11.4. The van der Waals surface area contributed by atoms with Gasteiger partial charge in [0.15, 0.2) is 0 Å². The second-order valence-corrected chi connectivity index (χ2v) is 5.85. The van der Waals surface area contributed by atoms with Crippen molar-refractivity contribution >= 4 is 15.4 Å². The van der Waals surface area contributed by atoms with Crippen molar-refractivity contribution in [2.24, 2.45) is 5.92 Å².